The number of hydrogen-bond donors (Lipinski definition) is 2. The van der Waals surface area contributed by atoms with Gasteiger partial charge in [0.2, 0.25) is 0 Å². The lowest BCUT2D eigenvalue weighted by atomic mass is 10.2. The molecule has 0 aromatic heterocycles. The van der Waals surface area contributed by atoms with E-state index in [2.05, 4.69) is 4.99 Å². The molecule has 0 saturated carbocycles. The van der Waals surface area contributed by atoms with Gasteiger partial charge in [0.25, 0.3) is 0 Å². The molecular weight excluding hydrogens is 186 g/mol. The maximum absolute atomic E-state index is 9.54. The molecule has 0 aliphatic carbocycles. The average Bonchev–Trinajstić information content (AvgIpc) is 2.27. The van der Waals surface area contributed by atoms with Crippen LogP contribution in [0.1, 0.15) is 11.8 Å². The Morgan fingerprint density at radius 2 is 2.00 bits per heavy atom. The van der Waals surface area contributed by atoms with Crippen molar-refractivity contribution in [1.82, 2.24) is 0 Å². The Bertz CT molecular complexity index is 340. The second-order valence-electron chi connectivity index (χ2n) is 2.72. The maximum Gasteiger partial charge on any atom is 0.172 e. The zero-order valence-corrected chi connectivity index (χ0v) is 7.61. The summed E-state index contributed by atoms with van der Waals surface area (Å²) in [5, 5.41) is 18.9. The summed E-state index contributed by atoms with van der Waals surface area (Å²) in [5.41, 5.74) is 0.0820. The van der Waals surface area contributed by atoms with Crippen LogP contribution in [-0.2, 0) is 0 Å². The fraction of sp³-hybridized carbons (Fsp3) is 0.222. The Labute approximate surface area is 80.1 Å². The summed E-state index contributed by atoms with van der Waals surface area (Å²) in [4.78, 5) is 4.68. The van der Waals surface area contributed by atoms with Gasteiger partial charge in [-0.15, -0.1) is 0 Å². The molecule has 2 N–H and O–H groups in total. The van der Waals surface area contributed by atoms with Crippen molar-refractivity contribution in [2.24, 2.45) is 4.99 Å². The summed E-state index contributed by atoms with van der Waals surface area (Å²) in [6.45, 7) is 0. The van der Waals surface area contributed by atoms with Crippen molar-refractivity contribution in [1.29, 1.82) is 0 Å². The zero-order chi connectivity index (χ0) is 9.26. The van der Waals surface area contributed by atoms with Crippen LogP contribution in [-0.4, -0.2) is 21.9 Å². The molecule has 0 fully saturated rings. The lowest BCUT2D eigenvalue weighted by Crippen LogP contribution is -1.99. The number of aliphatic imine (C=N–C) groups is 1. The van der Waals surface area contributed by atoms with E-state index in [-0.39, 0.29) is 0 Å². The van der Waals surface area contributed by atoms with Gasteiger partial charge in [0.05, 0.1) is 0 Å². The molecule has 1 aliphatic heterocycles. The predicted molar refractivity (Wildman–Crippen MR) is 51.8 cm³/mol. The summed E-state index contributed by atoms with van der Waals surface area (Å²) < 4.78 is 0. The van der Waals surface area contributed by atoms with Gasteiger partial charge in [0, 0.05) is 16.7 Å². The molecule has 2 unspecified atom stereocenters. The molecule has 0 saturated heterocycles. The number of benzene rings is 1. The number of nitrogens with zero attached hydrogens (tertiary/aromatic N) is 1. The largest absolute Gasteiger partial charge is 0.377 e. The Morgan fingerprint density at radius 3 is 2.85 bits per heavy atom. The maximum atomic E-state index is 9.54. The molecule has 1 aromatic carbocycles. The molecule has 1 aliphatic rings. The Hall–Kier alpha value is -0.840. The van der Waals surface area contributed by atoms with E-state index in [1.165, 1.54) is 18.0 Å². The lowest BCUT2D eigenvalue weighted by molar-refractivity contribution is 0.186. The molecule has 1 heterocycles. The minimum atomic E-state index is -0.846. The quantitative estimate of drug-likeness (QED) is 0.653. The third-order valence-corrected chi connectivity index (χ3v) is 2.79. The lowest BCUT2D eigenvalue weighted by Gasteiger charge is -2.07. The third kappa shape index (κ3) is 1.75. The monoisotopic (exact) mass is 195 g/mol. The molecule has 0 amide bonds. The van der Waals surface area contributed by atoms with Crippen molar-refractivity contribution in [3.63, 3.8) is 0 Å². The van der Waals surface area contributed by atoms with Crippen LogP contribution >= 0.6 is 11.8 Å². The van der Waals surface area contributed by atoms with E-state index in [9.17, 15) is 10.2 Å². The van der Waals surface area contributed by atoms with Crippen LogP contribution < -0.4 is 0 Å². The number of hydrogen-bond acceptors (Lipinski definition) is 4. The molecule has 0 bridgehead atoms. The van der Waals surface area contributed by atoms with Gasteiger partial charge in [-0.25, -0.2) is 0 Å². The summed E-state index contributed by atoms with van der Waals surface area (Å²) in [5.74, 6) is 0. The summed E-state index contributed by atoms with van der Waals surface area (Å²) in [6, 6.07) is 7.38. The molecule has 2 rings (SSSR count). The highest BCUT2D eigenvalue weighted by molar-refractivity contribution is 8.00. The SMILES string of the molecule is OC1C=NC(O)c2ccccc2S1. The molecule has 68 valence electrons. The fourth-order valence-corrected chi connectivity index (χ4v) is 2.06. The highest BCUT2D eigenvalue weighted by atomic mass is 32.2. The van der Waals surface area contributed by atoms with E-state index in [1.54, 1.807) is 0 Å². The second kappa shape index (κ2) is 3.49. The normalized spacial score (nSPS) is 26.6. The highest BCUT2D eigenvalue weighted by Crippen LogP contribution is 2.32. The molecule has 13 heavy (non-hydrogen) atoms. The first-order valence-electron chi connectivity index (χ1n) is 3.92. The van der Waals surface area contributed by atoms with Crippen molar-refractivity contribution in [2.45, 2.75) is 16.6 Å². The van der Waals surface area contributed by atoms with Crippen LogP contribution in [0.25, 0.3) is 0 Å². The zero-order valence-electron chi connectivity index (χ0n) is 6.79. The topological polar surface area (TPSA) is 52.8 Å². The minimum absolute atomic E-state index is 0.668. The van der Waals surface area contributed by atoms with Crippen molar-refractivity contribution < 1.29 is 10.2 Å². The van der Waals surface area contributed by atoms with Crippen LogP contribution in [0.15, 0.2) is 34.2 Å². The van der Waals surface area contributed by atoms with Crippen LogP contribution in [0.4, 0.5) is 0 Å². The summed E-state index contributed by atoms with van der Waals surface area (Å²) in [7, 11) is 0. The molecule has 4 heteroatoms. The van der Waals surface area contributed by atoms with Crippen molar-refractivity contribution in [3.05, 3.63) is 29.8 Å². The van der Waals surface area contributed by atoms with Gasteiger partial charge in [-0.2, -0.15) is 0 Å². The first kappa shape index (κ1) is 8.74. The van der Waals surface area contributed by atoms with Gasteiger partial charge >= 0.3 is 0 Å². The number of rotatable bonds is 0. The highest BCUT2D eigenvalue weighted by Gasteiger charge is 2.16. The third-order valence-electron chi connectivity index (χ3n) is 1.80. The van der Waals surface area contributed by atoms with Crippen LogP contribution in [0.3, 0.4) is 0 Å². The van der Waals surface area contributed by atoms with E-state index in [0.717, 1.165) is 10.5 Å². The fourth-order valence-electron chi connectivity index (χ4n) is 1.20. The van der Waals surface area contributed by atoms with Crippen molar-refractivity contribution in [3.8, 4) is 0 Å². The van der Waals surface area contributed by atoms with Crippen LogP contribution in [0, 0.1) is 0 Å². The van der Waals surface area contributed by atoms with Crippen molar-refractivity contribution in [2.75, 3.05) is 0 Å². The van der Waals surface area contributed by atoms with Gasteiger partial charge in [0.1, 0.15) is 5.44 Å². The second-order valence-corrected chi connectivity index (χ2v) is 3.88. The molecular formula is C9H9NO2S. The summed E-state index contributed by atoms with van der Waals surface area (Å²) >= 11 is 1.28. The van der Waals surface area contributed by atoms with E-state index < -0.39 is 11.7 Å². The standard InChI is InChI=1S/C9H9NO2S/c11-8-5-10-9(12)6-3-1-2-4-7(6)13-8/h1-5,8-9,11-12H. The van der Waals surface area contributed by atoms with Gasteiger partial charge in [-0.05, 0) is 6.07 Å². The van der Waals surface area contributed by atoms with Gasteiger partial charge in [-0.1, -0.05) is 30.0 Å². The average molecular weight is 195 g/mol. The summed E-state index contributed by atoms with van der Waals surface area (Å²) in [6.07, 6.45) is 0.510. The molecule has 3 nitrogen and oxygen atoms in total. The number of thioether (sulfide) groups is 1. The Kier molecular flexibility index (Phi) is 2.35. The molecule has 0 spiro atoms. The van der Waals surface area contributed by atoms with E-state index in [4.69, 9.17) is 0 Å². The van der Waals surface area contributed by atoms with Crippen LogP contribution in [0.2, 0.25) is 0 Å². The minimum Gasteiger partial charge on any atom is -0.377 e. The number of aliphatic hydroxyl groups is 2. The Balaban J connectivity index is 2.45. The number of fused-ring (bicyclic) bond motifs is 1. The van der Waals surface area contributed by atoms with Gasteiger partial charge < -0.3 is 10.2 Å². The van der Waals surface area contributed by atoms with E-state index in [0.29, 0.717) is 0 Å². The van der Waals surface area contributed by atoms with Crippen molar-refractivity contribution >= 4 is 18.0 Å². The van der Waals surface area contributed by atoms with Gasteiger partial charge in [-0.3, -0.25) is 4.99 Å². The smallest absolute Gasteiger partial charge is 0.172 e. The van der Waals surface area contributed by atoms with E-state index in [1.807, 2.05) is 24.3 Å². The number of aliphatic hydroxyl groups excluding tert-OH is 2. The molecule has 2 atom stereocenters. The van der Waals surface area contributed by atoms with E-state index >= 15 is 0 Å². The first-order valence-corrected chi connectivity index (χ1v) is 4.80. The molecule has 0 radical (unpaired) electrons. The first-order chi connectivity index (χ1) is 6.27. The Morgan fingerprint density at radius 1 is 1.23 bits per heavy atom. The van der Waals surface area contributed by atoms with Crippen LogP contribution in [0.5, 0.6) is 0 Å². The predicted octanol–water partition coefficient (Wildman–Crippen LogP) is 1.17. The van der Waals surface area contributed by atoms with Gasteiger partial charge in [0.15, 0.2) is 6.23 Å². The molecule has 1 aromatic rings.